The van der Waals surface area contributed by atoms with Crippen molar-refractivity contribution >= 4 is 22.7 Å². The molecule has 28 heavy (non-hydrogen) atoms. The summed E-state index contributed by atoms with van der Waals surface area (Å²) in [5.74, 6) is 0.300. The molecule has 1 unspecified atom stereocenters. The van der Waals surface area contributed by atoms with Gasteiger partial charge in [-0.3, -0.25) is 0 Å². The van der Waals surface area contributed by atoms with E-state index in [1.54, 1.807) is 19.9 Å². The lowest BCUT2D eigenvalue weighted by molar-refractivity contribution is 0.220. The van der Waals surface area contributed by atoms with E-state index in [1.165, 1.54) is 11.8 Å². The molecule has 0 bridgehead atoms. The van der Waals surface area contributed by atoms with Gasteiger partial charge in [-0.05, 0) is 55.3 Å². The summed E-state index contributed by atoms with van der Waals surface area (Å²) < 4.78 is 16.9. The highest BCUT2D eigenvalue weighted by atomic mass is 32.2. The summed E-state index contributed by atoms with van der Waals surface area (Å²) in [6.07, 6.45) is 1.36. The predicted molar refractivity (Wildman–Crippen MR) is 114 cm³/mol. The molecule has 0 amide bonds. The number of hydrogen-bond acceptors (Lipinski definition) is 3. The number of hydrogen-bond donors (Lipinski definition) is 1. The van der Waals surface area contributed by atoms with Crippen LogP contribution in [0.15, 0.2) is 71.8 Å². The van der Waals surface area contributed by atoms with Crippen molar-refractivity contribution in [1.29, 1.82) is 0 Å². The van der Waals surface area contributed by atoms with Crippen LogP contribution in [0.5, 0.6) is 0 Å². The van der Waals surface area contributed by atoms with Gasteiger partial charge >= 0.3 is 0 Å². The van der Waals surface area contributed by atoms with Crippen LogP contribution in [-0.2, 0) is 0 Å². The summed E-state index contributed by atoms with van der Waals surface area (Å²) in [7, 11) is 0. The van der Waals surface area contributed by atoms with Gasteiger partial charge in [-0.2, -0.15) is 5.10 Å². The molecule has 0 radical (unpaired) electrons. The first-order valence-electron chi connectivity index (χ1n) is 9.18. The van der Waals surface area contributed by atoms with E-state index in [1.807, 2.05) is 65.5 Å². The minimum atomic E-state index is -0.450. The molecule has 0 spiro atoms. The maximum atomic E-state index is 15.0. The van der Waals surface area contributed by atoms with Crippen LogP contribution in [0.3, 0.4) is 0 Å². The van der Waals surface area contributed by atoms with Gasteiger partial charge in [-0.25, -0.2) is 9.07 Å². The van der Waals surface area contributed by atoms with Gasteiger partial charge in [0.1, 0.15) is 5.82 Å². The maximum absolute atomic E-state index is 15.0. The number of aliphatic hydroxyl groups excluding tert-OH is 1. The Labute approximate surface area is 167 Å². The number of halogens is 1. The smallest absolute Gasteiger partial charge is 0.135 e. The van der Waals surface area contributed by atoms with E-state index in [2.05, 4.69) is 5.10 Å². The van der Waals surface area contributed by atoms with Crippen LogP contribution in [0.2, 0.25) is 0 Å². The predicted octanol–water partition coefficient (Wildman–Crippen LogP) is 5.61. The highest BCUT2D eigenvalue weighted by Gasteiger charge is 2.16. The van der Waals surface area contributed by atoms with Crippen molar-refractivity contribution in [1.82, 2.24) is 9.78 Å². The van der Waals surface area contributed by atoms with Gasteiger partial charge in [0.05, 0.1) is 23.5 Å². The molecule has 3 nitrogen and oxygen atoms in total. The SMILES string of the molecule is Cc1ccc(SCC(C)O)c(-c2ccc3c(cnn3-c3ccccc3)c2)c1F. The molecule has 0 saturated heterocycles. The summed E-state index contributed by atoms with van der Waals surface area (Å²) in [6.45, 7) is 3.51. The third-order valence-electron chi connectivity index (χ3n) is 4.63. The highest BCUT2D eigenvalue weighted by Crippen LogP contribution is 2.37. The number of aryl methyl sites for hydroxylation is 1. The van der Waals surface area contributed by atoms with E-state index >= 15 is 4.39 Å². The number of aromatic nitrogens is 2. The van der Waals surface area contributed by atoms with Crippen LogP contribution in [0.25, 0.3) is 27.7 Å². The van der Waals surface area contributed by atoms with Crippen LogP contribution < -0.4 is 0 Å². The van der Waals surface area contributed by atoms with E-state index in [0.29, 0.717) is 16.9 Å². The number of rotatable bonds is 5. The lowest BCUT2D eigenvalue weighted by Crippen LogP contribution is -2.03. The third kappa shape index (κ3) is 3.55. The number of thioether (sulfide) groups is 1. The number of nitrogens with zero attached hydrogens (tertiary/aromatic N) is 2. The fourth-order valence-corrected chi connectivity index (χ4v) is 4.16. The van der Waals surface area contributed by atoms with Crippen LogP contribution >= 0.6 is 11.8 Å². The molecule has 3 aromatic carbocycles. The van der Waals surface area contributed by atoms with E-state index in [0.717, 1.165) is 27.0 Å². The second-order valence-electron chi connectivity index (χ2n) is 6.90. The van der Waals surface area contributed by atoms with Gasteiger partial charge in [-0.1, -0.05) is 30.3 Å². The zero-order valence-corrected chi connectivity index (χ0v) is 16.6. The molecule has 4 aromatic rings. The van der Waals surface area contributed by atoms with E-state index in [4.69, 9.17) is 0 Å². The van der Waals surface area contributed by atoms with E-state index in [9.17, 15) is 5.11 Å². The Morgan fingerprint density at radius 3 is 2.64 bits per heavy atom. The Morgan fingerprint density at radius 1 is 1.11 bits per heavy atom. The van der Waals surface area contributed by atoms with Gasteiger partial charge in [0.15, 0.2) is 0 Å². The van der Waals surface area contributed by atoms with Crippen molar-refractivity contribution < 1.29 is 9.50 Å². The van der Waals surface area contributed by atoms with Gasteiger partial charge in [0, 0.05) is 21.6 Å². The topological polar surface area (TPSA) is 38.1 Å². The molecule has 0 aliphatic heterocycles. The number of fused-ring (bicyclic) bond motifs is 1. The minimum Gasteiger partial charge on any atom is -0.393 e. The summed E-state index contributed by atoms with van der Waals surface area (Å²) in [6, 6.07) is 19.6. The molecule has 142 valence electrons. The summed E-state index contributed by atoms with van der Waals surface area (Å²) in [5, 5.41) is 15.1. The largest absolute Gasteiger partial charge is 0.393 e. The Bertz CT molecular complexity index is 1120. The number of benzene rings is 3. The second kappa shape index (κ2) is 7.78. The Balaban J connectivity index is 1.81. The molecular weight excluding hydrogens is 371 g/mol. The Morgan fingerprint density at radius 2 is 1.89 bits per heavy atom. The molecule has 1 atom stereocenters. The van der Waals surface area contributed by atoms with Crippen LogP contribution in [0, 0.1) is 12.7 Å². The molecule has 1 heterocycles. The molecular formula is C23H21FN2OS. The average molecular weight is 392 g/mol. The number of para-hydroxylation sites is 1. The Kier molecular flexibility index (Phi) is 5.20. The maximum Gasteiger partial charge on any atom is 0.135 e. The van der Waals surface area contributed by atoms with Crippen LogP contribution in [0.4, 0.5) is 4.39 Å². The molecule has 0 saturated carbocycles. The molecule has 0 aliphatic rings. The van der Waals surface area contributed by atoms with Gasteiger partial charge < -0.3 is 5.11 Å². The lowest BCUT2D eigenvalue weighted by atomic mass is 10.0. The number of aliphatic hydroxyl groups is 1. The van der Waals surface area contributed by atoms with E-state index < -0.39 is 6.10 Å². The summed E-state index contributed by atoms with van der Waals surface area (Å²) in [5.41, 5.74) is 3.97. The fourth-order valence-electron chi connectivity index (χ4n) is 3.23. The van der Waals surface area contributed by atoms with Crippen molar-refractivity contribution in [3.63, 3.8) is 0 Å². The molecule has 0 aliphatic carbocycles. The first-order chi connectivity index (χ1) is 13.5. The fraction of sp³-hybridized carbons (Fsp3) is 0.174. The third-order valence-corrected chi connectivity index (χ3v) is 5.93. The van der Waals surface area contributed by atoms with Crippen LogP contribution in [-0.4, -0.2) is 26.7 Å². The lowest BCUT2D eigenvalue weighted by Gasteiger charge is -2.14. The first-order valence-corrected chi connectivity index (χ1v) is 10.2. The highest BCUT2D eigenvalue weighted by molar-refractivity contribution is 7.99. The quantitative estimate of drug-likeness (QED) is 0.449. The zero-order valence-electron chi connectivity index (χ0n) is 15.8. The summed E-state index contributed by atoms with van der Waals surface area (Å²) in [4.78, 5) is 0.832. The molecule has 0 fully saturated rings. The minimum absolute atomic E-state index is 0.217. The second-order valence-corrected chi connectivity index (χ2v) is 7.96. The van der Waals surface area contributed by atoms with Crippen LogP contribution in [0.1, 0.15) is 12.5 Å². The van der Waals surface area contributed by atoms with Crippen molar-refractivity contribution in [3.05, 3.63) is 78.2 Å². The van der Waals surface area contributed by atoms with Crippen molar-refractivity contribution in [2.75, 3.05) is 5.75 Å². The van der Waals surface area contributed by atoms with Gasteiger partial charge in [0.2, 0.25) is 0 Å². The molecule has 1 N–H and O–H groups in total. The van der Waals surface area contributed by atoms with Crippen molar-refractivity contribution in [3.8, 4) is 16.8 Å². The molecule has 4 rings (SSSR count). The van der Waals surface area contributed by atoms with Gasteiger partial charge in [0.25, 0.3) is 0 Å². The van der Waals surface area contributed by atoms with E-state index in [-0.39, 0.29) is 5.82 Å². The van der Waals surface area contributed by atoms with Crippen molar-refractivity contribution in [2.24, 2.45) is 0 Å². The first kappa shape index (κ1) is 18.7. The van der Waals surface area contributed by atoms with Gasteiger partial charge in [-0.15, -0.1) is 11.8 Å². The molecule has 5 heteroatoms. The standard InChI is InChI=1S/C23H21FN2OS/c1-15-8-11-21(28-14-16(2)27)22(23(15)24)17-9-10-20-18(12-17)13-25-26(20)19-6-4-3-5-7-19/h3-13,16,27H,14H2,1-2H3. The zero-order chi connectivity index (χ0) is 19.7. The average Bonchev–Trinajstić information content (AvgIpc) is 3.12. The summed E-state index contributed by atoms with van der Waals surface area (Å²) >= 11 is 1.47. The Hall–Kier alpha value is -2.63. The molecule has 1 aromatic heterocycles. The normalized spacial score (nSPS) is 12.4. The van der Waals surface area contributed by atoms with Crippen molar-refractivity contribution in [2.45, 2.75) is 24.8 Å². The monoisotopic (exact) mass is 392 g/mol.